The molecule has 60 valence electrons. The van der Waals surface area contributed by atoms with E-state index in [4.69, 9.17) is 11.6 Å². The van der Waals surface area contributed by atoms with Crippen molar-refractivity contribution in [2.45, 2.75) is 19.8 Å². The van der Waals surface area contributed by atoms with Gasteiger partial charge in [0, 0.05) is 5.75 Å². The number of hydrogen-bond donors (Lipinski definition) is 0. The quantitative estimate of drug-likeness (QED) is 0.602. The summed E-state index contributed by atoms with van der Waals surface area (Å²) in [4.78, 5) is 0. The van der Waals surface area contributed by atoms with Crippen molar-refractivity contribution in [3.8, 4) is 0 Å². The molecule has 0 aromatic carbocycles. The summed E-state index contributed by atoms with van der Waals surface area (Å²) in [6.07, 6.45) is 1.85. The van der Waals surface area contributed by atoms with E-state index in [0.29, 0.717) is 5.75 Å². The molecule has 0 aliphatic heterocycles. The van der Waals surface area contributed by atoms with Crippen LogP contribution in [0.15, 0.2) is 10.4 Å². The van der Waals surface area contributed by atoms with Crippen molar-refractivity contribution in [3.63, 3.8) is 0 Å². The molecule has 0 aromatic rings. The van der Waals surface area contributed by atoms with E-state index in [9.17, 15) is 8.78 Å². The van der Waals surface area contributed by atoms with Gasteiger partial charge in [0.05, 0.1) is 0 Å². The van der Waals surface area contributed by atoms with Crippen molar-refractivity contribution >= 4 is 23.4 Å². The molecule has 0 aliphatic carbocycles. The minimum Gasteiger partial charge on any atom is -0.195 e. The van der Waals surface area contributed by atoms with Gasteiger partial charge >= 0.3 is 0 Å². The van der Waals surface area contributed by atoms with Gasteiger partial charge in [-0.25, -0.2) is 0 Å². The van der Waals surface area contributed by atoms with Crippen molar-refractivity contribution in [3.05, 3.63) is 10.4 Å². The second-order valence-corrected chi connectivity index (χ2v) is 3.12. The SMILES string of the molecule is CCCCS/C(F)=C(\F)Cl. The summed E-state index contributed by atoms with van der Waals surface area (Å²) in [6, 6.07) is 0. The summed E-state index contributed by atoms with van der Waals surface area (Å²) in [6.45, 7) is 1.99. The van der Waals surface area contributed by atoms with E-state index in [1.165, 1.54) is 0 Å². The Kier molecular flexibility index (Phi) is 6.13. The molecule has 0 amide bonds. The molecule has 0 aromatic heterocycles. The van der Waals surface area contributed by atoms with Gasteiger partial charge in [0.1, 0.15) is 0 Å². The molecule has 4 heteroatoms. The summed E-state index contributed by atoms with van der Waals surface area (Å²) < 4.78 is 24.0. The lowest BCUT2D eigenvalue weighted by atomic mass is 10.4. The van der Waals surface area contributed by atoms with Crippen LogP contribution in [0.4, 0.5) is 8.78 Å². The highest BCUT2D eigenvalue weighted by Gasteiger charge is 2.01. The largest absolute Gasteiger partial charge is 0.231 e. The fourth-order valence-electron chi connectivity index (χ4n) is 0.361. The van der Waals surface area contributed by atoms with Gasteiger partial charge in [-0.15, -0.1) is 0 Å². The molecular weight excluding hydrogens is 178 g/mol. The van der Waals surface area contributed by atoms with Crippen LogP contribution in [-0.2, 0) is 0 Å². The van der Waals surface area contributed by atoms with E-state index in [1.54, 1.807) is 0 Å². The second kappa shape index (κ2) is 5.98. The first-order valence-corrected chi connectivity index (χ1v) is 4.38. The molecule has 0 radical (unpaired) electrons. The Balaban J connectivity index is 3.40. The van der Waals surface area contributed by atoms with Crippen molar-refractivity contribution in [2.75, 3.05) is 5.75 Å². The summed E-state index contributed by atoms with van der Waals surface area (Å²) in [5.41, 5.74) is 0. The summed E-state index contributed by atoms with van der Waals surface area (Å²) in [7, 11) is 0. The molecule has 0 unspecified atom stereocenters. The van der Waals surface area contributed by atoms with Gasteiger partial charge in [0.2, 0.25) is 10.4 Å². The number of unbranched alkanes of at least 4 members (excludes halogenated alkanes) is 1. The monoisotopic (exact) mass is 186 g/mol. The van der Waals surface area contributed by atoms with Crippen LogP contribution >= 0.6 is 23.4 Å². The van der Waals surface area contributed by atoms with Gasteiger partial charge in [0.25, 0.3) is 0 Å². The summed E-state index contributed by atoms with van der Waals surface area (Å²) >= 11 is 5.54. The van der Waals surface area contributed by atoms with Gasteiger partial charge in [-0.05, 0) is 18.0 Å². The minimum atomic E-state index is -1.24. The van der Waals surface area contributed by atoms with Gasteiger partial charge in [0.15, 0.2) is 0 Å². The molecule has 0 bridgehead atoms. The average Bonchev–Trinajstić information content (AvgIpc) is 1.88. The Morgan fingerprint density at radius 2 is 2.10 bits per heavy atom. The zero-order chi connectivity index (χ0) is 7.98. The van der Waals surface area contributed by atoms with E-state index in [2.05, 4.69) is 0 Å². The predicted molar refractivity (Wildman–Crippen MR) is 42.5 cm³/mol. The third-order valence-electron chi connectivity index (χ3n) is 0.875. The van der Waals surface area contributed by atoms with E-state index >= 15 is 0 Å². The van der Waals surface area contributed by atoms with Crippen LogP contribution in [0.2, 0.25) is 0 Å². The highest BCUT2D eigenvalue weighted by Crippen LogP contribution is 2.25. The van der Waals surface area contributed by atoms with Gasteiger partial charge in [-0.2, -0.15) is 8.78 Å². The topological polar surface area (TPSA) is 0 Å². The Morgan fingerprint density at radius 1 is 1.50 bits per heavy atom. The summed E-state index contributed by atoms with van der Waals surface area (Å²) in [5.74, 6) is 0.586. The second-order valence-electron chi connectivity index (χ2n) is 1.74. The first-order chi connectivity index (χ1) is 4.68. The zero-order valence-corrected chi connectivity index (χ0v) is 7.24. The van der Waals surface area contributed by atoms with Gasteiger partial charge < -0.3 is 0 Å². The number of thioether (sulfide) groups is 1. The third kappa shape index (κ3) is 5.06. The van der Waals surface area contributed by atoms with Crippen LogP contribution in [0.25, 0.3) is 0 Å². The molecule has 0 spiro atoms. The number of hydrogen-bond acceptors (Lipinski definition) is 1. The maximum atomic E-state index is 12.2. The number of rotatable bonds is 4. The highest BCUT2D eigenvalue weighted by atomic mass is 35.5. The van der Waals surface area contributed by atoms with E-state index < -0.39 is 10.4 Å². The third-order valence-corrected chi connectivity index (χ3v) is 2.08. The predicted octanol–water partition coefficient (Wildman–Crippen LogP) is 3.82. The fraction of sp³-hybridized carbons (Fsp3) is 0.667. The molecule has 0 heterocycles. The van der Waals surface area contributed by atoms with Crippen LogP contribution in [0.3, 0.4) is 0 Å². The zero-order valence-electron chi connectivity index (χ0n) is 5.66. The Labute approximate surface area is 68.6 Å². The van der Waals surface area contributed by atoms with Crippen molar-refractivity contribution in [2.24, 2.45) is 0 Å². The molecule has 0 saturated carbocycles. The minimum absolute atomic E-state index is 0.586. The standard InChI is InChI=1S/C6H9ClF2S/c1-2-3-4-10-6(9)5(7)8/h2-4H2,1H3/b6-5-. The molecule has 0 aliphatic rings. The van der Waals surface area contributed by atoms with Crippen molar-refractivity contribution in [1.82, 2.24) is 0 Å². The molecule has 0 saturated heterocycles. The highest BCUT2D eigenvalue weighted by molar-refractivity contribution is 8.02. The maximum Gasteiger partial charge on any atom is 0.231 e. The normalized spacial score (nSPS) is 13.2. The lowest BCUT2D eigenvalue weighted by Crippen LogP contribution is -1.76. The van der Waals surface area contributed by atoms with Crippen LogP contribution in [0.1, 0.15) is 19.8 Å². The smallest absolute Gasteiger partial charge is 0.195 e. The Morgan fingerprint density at radius 3 is 2.50 bits per heavy atom. The van der Waals surface area contributed by atoms with Crippen LogP contribution in [-0.4, -0.2) is 5.75 Å². The average molecular weight is 187 g/mol. The van der Waals surface area contributed by atoms with Crippen molar-refractivity contribution < 1.29 is 8.78 Å². The number of halogens is 3. The molecule has 0 nitrogen and oxygen atoms in total. The van der Waals surface area contributed by atoms with Gasteiger partial charge in [-0.1, -0.05) is 25.1 Å². The fourth-order valence-corrected chi connectivity index (χ4v) is 1.25. The lowest BCUT2D eigenvalue weighted by Gasteiger charge is -1.94. The Bertz CT molecular complexity index is 121. The molecule has 0 N–H and O–H groups in total. The maximum absolute atomic E-state index is 12.2. The molecule has 0 atom stereocenters. The molecule has 0 fully saturated rings. The lowest BCUT2D eigenvalue weighted by molar-refractivity contribution is 0.612. The van der Waals surface area contributed by atoms with E-state index in [0.717, 1.165) is 24.6 Å². The van der Waals surface area contributed by atoms with Crippen LogP contribution in [0, 0.1) is 0 Å². The first-order valence-electron chi connectivity index (χ1n) is 3.02. The first kappa shape index (κ1) is 10.2. The van der Waals surface area contributed by atoms with Crippen LogP contribution in [0.5, 0.6) is 0 Å². The Hall–Kier alpha value is 0.240. The molecular formula is C6H9ClF2S. The van der Waals surface area contributed by atoms with Crippen molar-refractivity contribution in [1.29, 1.82) is 0 Å². The van der Waals surface area contributed by atoms with Crippen LogP contribution < -0.4 is 0 Å². The molecule has 10 heavy (non-hydrogen) atoms. The van der Waals surface area contributed by atoms with E-state index in [-0.39, 0.29) is 0 Å². The van der Waals surface area contributed by atoms with E-state index in [1.807, 2.05) is 6.92 Å². The molecule has 0 rings (SSSR count). The summed E-state index contributed by atoms with van der Waals surface area (Å²) in [5, 5.41) is -2.14. The van der Waals surface area contributed by atoms with Gasteiger partial charge in [-0.3, -0.25) is 0 Å².